The molecule has 0 atom stereocenters. The Labute approximate surface area is 125 Å². The predicted molar refractivity (Wildman–Crippen MR) is 88.5 cm³/mol. The molecule has 0 heterocycles. The van der Waals surface area contributed by atoms with Crippen LogP contribution in [0.1, 0.15) is 36.1 Å². The molecule has 0 aliphatic carbocycles. The standard InChI is InChI=1S/C17H20N4/c1-12(20-18)16-7-3-14(4-8-16)11-15-5-9-17(10-6-15)13(2)21-19/h3-10H,11,18-19H2,1-2H3/b20-12+,21-13+. The maximum Gasteiger partial charge on any atom is 0.0641 e. The van der Waals surface area contributed by atoms with E-state index in [0.29, 0.717) is 0 Å². The molecule has 21 heavy (non-hydrogen) atoms. The Hall–Kier alpha value is -2.62. The summed E-state index contributed by atoms with van der Waals surface area (Å²) in [7, 11) is 0. The molecular weight excluding hydrogens is 260 g/mol. The number of benzene rings is 2. The quantitative estimate of drug-likeness (QED) is 0.513. The minimum atomic E-state index is 0.836. The molecule has 2 aromatic rings. The summed E-state index contributed by atoms with van der Waals surface area (Å²) < 4.78 is 0. The summed E-state index contributed by atoms with van der Waals surface area (Å²) in [5, 5.41) is 7.40. The van der Waals surface area contributed by atoms with E-state index in [4.69, 9.17) is 11.7 Å². The van der Waals surface area contributed by atoms with Gasteiger partial charge in [0.25, 0.3) is 0 Å². The van der Waals surface area contributed by atoms with Gasteiger partial charge in [0.2, 0.25) is 0 Å². The Morgan fingerprint density at radius 1 is 0.714 bits per heavy atom. The second-order valence-electron chi connectivity index (χ2n) is 5.00. The fourth-order valence-electron chi connectivity index (χ4n) is 2.11. The van der Waals surface area contributed by atoms with Gasteiger partial charge in [-0.1, -0.05) is 48.5 Å². The molecule has 0 amide bonds. The number of nitrogens with zero attached hydrogens (tertiary/aromatic N) is 2. The van der Waals surface area contributed by atoms with Crippen LogP contribution in [0.2, 0.25) is 0 Å². The van der Waals surface area contributed by atoms with Crippen LogP contribution in [0.3, 0.4) is 0 Å². The zero-order chi connectivity index (χ0) is 15.2. The van der Waals surface area contributed by atoms with E-state index in [-0.39, 0.29) is 0 Å². The van der Waals surface area contributed by atoms with Gasteiger partial charge in [0, 0.05) is 0 Å². The average Bonchev–Trinajstić information content (AvgIpc) is 2.55. The van der Waals surface area contributed by atoms with E-state index in [1.807, 2.05) is 38.1 Å². The Bertz CT molecular complexity index is 593. The van der Waals surface area contributed by atoms with Gasteiger partial charge < -0.3 is 11.7 Å². The normalized spacial score (nSPS) is 12.5. The Morgan fingerprint density at radius 3 is 1.33 bits per heavy atom. The van der Waals surface area contributed by atoms with Crippen molar-refractivity contribution in [3.05, 3.63) is 70.8 Å². The molecule has 0 aromatic heterocycles. The topological polar surface area (TPSA) is 76.8 Å². The van der Waals surface area contributed by atoms with Gasteiger partial charge in [0.15, 0.2) is 0 Å². The summed E-state index contributed by atoms with van der Waals surface area (Å²) >= 11 is 0. The number of nitrogens with two attached hydrogens (primary N) is 2. The summed E-state index contributed by atoms with van der Waals surface area (Å²) in [6.45, 7) is 3.80. The summed E-state index contributed by atoms with van der Waals surface area (Å²) in [5.74, 6) is 10.6. The van der Waals surface area contributed by atoms with Crippen molar-refractivity contribution in [1.29, 1.82) is 0 Å². The van der Waals surface area contributed by atoms with Crippen LogP contribution in [0.5, 0.6) is 0 Å². The minimum Gasteiger partial charge on any atom is -0.323 e. The Kier molecular flexibility index (Phi) is 4.72. The van der Waals surface area contributed by atoms with Crippen LogP contribution >= 0.6 is 0 Å². The van der Waals surface area contributed by atoms with E-state index in [0.717, 1.165) is 29.0 Å². The predicted octanol–water partition coefficient (Wildman–Crippen LogP) is 2.64. The molecule has 0 unspecified atom stereocenters. The first kappa shape index (κ1) is 14.8. The van der Waals surface area contributed by atoms with Crippen LogP contribution in [-0.4, -0.2) is 11.4 Å². The van der Waals surface area contributed by atoms with Crippen molar-refractivity contribution in [3.63, 3.8) is 0 Å². The molecule has 0 saturated heterocycles. The highest BCUT2D eigenvalue weighted by atomic mass is 15.1. The van der Waals surface area contributed by atoms with E-state index in [2.05, 4.69) is 34.5 Å². The van der Waals surface area contributed by atoms with Crippen molar-refractivity contribution in [3.8, 4) is 0 Å². The Morgan fingerprint density at radius 2 is 1.05 bits per heavy atom. The molecule has 0 aliphatic rings. The van der Waals surface area contributed by atoms with E-state index < -0.39 is 0 Å². The molecule has 2 rings (SSSR count). The molecule has 4 heteroatoms. The van der Waals surface area contributed by atoms with Gasteiger partial charge in [-0.3, -0.25) is 0 Å². The highest BCUT2D eigenvalue weighted by Gasteiger charge is 2.01. The average molecular weight is 280 g/mol. The first-order chi connectivity index (χ1) is 10.1. The molecule has 0 fully saturated rings. The van der Waals surface area contributed by atoms with Crippen molar-refractivity contribution in [2.45, 2.75) is 20.3 Å². The highest BCUT2D eigenvalue weighted by Crippen LogP contribution is 2.13. The summed E-state index contributed by atoms with van der Waals surface area (Å²) in [6.07, 6.45) is 0.887. The molecule has 2 aromatic carbocycles. The lowest BCUT2D eigenvalue weighted by molar-refractivity contribution is 1.18. The van der Waals surface area contributed by atoms with E-state index >= 15 is 0 Å². The van der Waals surface area contributed by atoms with Gasteiger partial charge in [-0.15, -0.1) is 0 Å². The number of rotatable bonds is 4. The maximum atomic E-state index is 5.29. The fraction of sp³-hybridized carbons (Fsp3) is 0.176. The van der Waals surface area contributed by atoms with Crippen LogP contribution in [0, 0.1) is 0 Å². The van der Waals surface area contributed by atoms with Crippen LogP contribution in [0.4, 0.5) is 0 Å². The minimum absolute atomic E-state index is 0.836. The summed E-state index contributed by atoms with van der Waals surface area (Å²) in [4.78, 5) is 0. The fourth-order valence-corrected chi connectivity index (χ4v) is 2.11. The lowest BCUT2D eigenvalue weighted by Gasteiger charge is -2.05. The zero-order valence-electron chi connectivity index (χ0n) is 12.4. The highest BCUT2D eigenvalue weighted by molar-refractivity contribution is 5.99. The second-order valence-corrected chi connectivity index (χ2v) is 5.00. The van der Waals surface area contributed by atoms with Crippen LogP contribution in [-0.2, 0) is 6.42 Å². The zero-order valence-corrected chi connectivity index (χ0v) is 12.4. The van der Waals surface area contributed by atoms with Crippen molar-refractivity contribution in [1.82, 2.24) is 0 Å². The molecule has 0 radical (unpaired) electrons. The van der Waals surface area contributed by atoms with Gasteiger partial charge in [0.1, 0.15) is 0 Å². The van der Waals surface area contributed by atoms with E-state index in [9.17, 15) is 0 Å². The second kappa shape index (κ2) is 6.70. The Balaban J connectivity index is 2.11. The smallest absolute Gasteiger partial charge is 0.0641 e. The molecule has 0 aliphatic heterocycles. The maximum absolute atomic E-state index is 5.29. The van der Waals surface area contributed by atoms with Crippen LogP contribution in [0.15, 0.2) is 58.7 Å². The first-order valence-corrected chi connectivity index (χ1v) is 6.81. The molecule has 0 saturated carbocycles. The molecule has 4 nitrogen and oxygen atoms in total. The van der Waals surface area contributed by atoms with Gasteiger partial charge in [0.05, 0.1) is 11.4 Å². The lowest BCUT2D eigenvalue weighted by atomic mass is 10.0. The van der Waals surface area contributed by atoms with Gasteiger partial charge >= 0.3 is 0 Å². The third-order valence-corrected chi connectivity index (χ3v) is 3.54. The molecule has 0 spiro atoms. The van der Waals surface area contributed by atoms with E-state index in [1.54, 1.807) is 0 Å². The SMILES string of the molecule is C/C(=N\N)c1ccc(Cc2ccc(/C(C)=N/N)cc2)cc1. The van der Waals surface area contributed by atoms with Gasteiger partial charge in [-0.2, -0.15) is 10.2 Å². The van der Waals surface area contributed by atoms with Crippen molar-refractivity contribution in [2.24, 2.45) is 21.9 Å². The van der Waals surface area contributed by atoms with Crippen molar-refractivity contribution in [2.75, 3.05) is 0 Å². The number of hydrogen-bond donors (Lipinski definition) is 2. The summed E-state index contributed by atoms with van der Waals surface area (Å²) in [6, 6.07) is 16.6. The monoisotopic (exact) mass is 280 g/mol. The molecule has 4 N–H and O–H groups in total. The largest absolute Gasteiger partial charge is 0.323 e. The number of hydrazone groups is 2. The molecule has 0 bridgehead atoms. The lowest BCUT2D eigenvalue weighted by Crippen LogP contribution is -2.00. The first-order valence-electron chi connectivity index (χ1n) is 6.81. The van der Waals surface area contributed by atoms with Crippen LogP contribution < -0.4 is 11.7 Å². The van der Waals surface area contributed by atoms with Crippen LogP contribution in [0.25, 0.3) is 0 Å². The molecular formula is C17H20N4. The van der Waals surface area contributed by atoms with E-state index in [1.165, 1.54) is 11.1 Å². The molecule has 108 valence electrons. The third kappa shape index (κ3) is 3.69. The van der Waals surface area contributed by atoms with Crippen molar-refractivity contribution < 1.29 is 0 Å². The van der Waals surface area contributed by atoms with Gasteiger partial charge in [-0.05, 0) is 42.5 Å². The number of hydrogen-bond acceptors (Lipinski definition) is 4. The summed E-state index contributed by atoms with van der Waals surface area (Å²) in [5.41, 5.74) is 6.27. The third-order valence-electron chi connectivity index (χ3n) is 3.54. The van der Waals surface area contributed by atoms with Crippen molar-refractivity contribution >= 4 is 11.4 Å². The van der Waals surface area contributed by atoms with Gasteiger partial charge in [-0.25, -0.2) is 0 Å².